The number of fused-ring (bicyclic) bond motifs is 1. The predicted octanol–water partition coefficient (Wildman–Crippen LogP) is 4.59. The number of imide groups is 2. The number of benzene rings is 3. The van der Waals surface area contributed by atoms with Crippen molar-refractivity contribution in [3.8, 4) is 5.75 Å². The summed E-state index contributed by atoms with van der Waals surface area (Å²) in [6.07, 6.45) is 1.48. The second-order valence-corrected chi connectivity index (χ2v) is 7.71. The van der Waals surface area contributed by atoms with E-state index >= 15 is 0 Å². The predicted molar refractivity (Wildman–Crippen MR) is 118 cm³/mol. The van der Waals surface area contributed by atoms with E-state index in [0.29, 0.717) is 22.6 Å². The van der Waals surface area contributed by atoms with E-state index in [-0.39, 0.29) is 5.57 Å². The molecule has 30 heavy (non-hydrogen) atoms. The van der Waals surface area contributed by atoms with Crippen LogP contribution in [0.3, 0.4) is 0 Å². The zero-order valence-electron chi connectivity index (χ0n) is 16.2. The molecule has 1 aliphatic heterocycles. The van der Waals surface area contributed by atoms with E-state index in [1.165, 1.54) is 13.2 Å². The Morgan fingerprint density at radius 1 is 1.03 bits per heavy atom. The van der Waals surface area contributed by atoms with Crippen molar-refractivity contribution in [2.45, 2.75) is 6.92 Å². The summed E-state index contributed by atoms with van der Waals surface area (Å²) in [5, 5.41) is 4.03. The highest BCUT2D eigenvalue weighted by atomic mass is 79.9. The summed E-state index contributed by atoms with van der Waals surface area (Å²) < 4.78 is 6.28. The van der Waals surface area contributed by atoms with Gasteiger partial charge in [-0.05, 0) is 53.6 Å². The molecule has 0 spiro atoms. The third-order valence-corrected chi connectivity index (χ3v) is 5.43. The first kappa shape index (κ1) is 19.8. The molecule has 0 atom stereocenters. The maximum atomic E-state index is 13.2. The standard InChI is InChI=1S/C23H17BrN2O4/c1-13-11-15(24)8-9-19(13)26-22(28)18(21(27)25-23(26)29)12-17-16-6-4-3-5-14(16)7-10-20(17)30-2/h3-12H,1-2H3,(H,25,27,29)/b18-12-. The van der Waals surface area contributed by atoms with Gasteiger partial charge in [-0.3, -0.25) is 14.9 Å². The van der Waals surface area contributed by atoms with Crippen molar-refractivity contribution in [2.75, 3.05) is 12.0 Å². The number of methoxy groups -OCH3 is 1. The van der Waals surface area contributed by atoms with E-state index in [4.69, 9.17) is 4.74 Å². The molecule has 1 aliphatic rings. The highest BCUT2D eigenvalue weighted by molar-refractivity contribution is 9.10. The molecular formula is C23H17BrN2O4. The normalized spacial score (nSPS) is 15.6. The van der Waals surface area contributed by atoms with E-state index in [2.05, 4.69) is 21.2 Å². The maximum absolute atomic E-state index is 13.2. The van der Waals surface area contributed by atoms with Crippen LogP contribution in [-0.2, 0) is 9.59 Å². The summed E-state index contributed by atoms with van der Waals surface area (Å²) in [5.41, 5.74) is 1.57. The Kier molecular flexibility index (Phi) is 5.13. The number of ether oxygens (including phenoxy) is 1. The molecule has 0 aliphatic carbocycles. The van der Waals surface area contributed by atoms with Gasteiger partial charge in [-0.25, -0.2) is 9.69 Å². The van der Waals surface area contributed by atoms with Crippen molar-refractivity contribution in [1.82, 2.24) is 5.32 Å². The Labute approximate surface area is 181 Å². The topological polar surface area (TPSA) is 75.7 Å². The Hall–Kier alpha value is -3.45. The summed E-state index contributed by atoms with van der Waals surface area (Å²) in [5.74, 6) is -0.916. The number of carbonyl (C=O) groups is 3. The smallest absolute Gasteiger partial charge is 0.335 e. The Balaban J connectivity index is 1.88. The van der Waals surface area contributed by atoms with Crippen LogP contribution in [0.4, 0.5) is 10.5 Å². The highest BCUT2D eigenvalue weighted by Crippen LogP contribution is 2.32. The number of hydrogen-bond donors (Lipinski definition) is 1. The first-order valence-electron chi connectivity index (χ1n) is 9.14. The van der Waals surface area contributed by atoms with Crippen LogP contribution in [0.5, 0.6) is 5.75 Å². The number of nitrogens with zero attached hydrogens (tertiary/aromatic N) is 1. The molecule has 3 aromatic rings. The fourth-order valence-electron chi connectivity index (χ4n) is 3.49. The van der Waals surface area contributed by atoms with Crippen LogP contribution in [-0.4, -0.2) is 25.0 Å². The molecule has 0 unspecified atom stereocenters. The zero-order valence-corrected chi connectivity index (χ0v) is 17.8. The van der Waals surface area contributed by atoms with Gasteiger partial charge in [-0.2, -0.15) is 0 Å². The van der Waals surface area contributed by atoms with Crippen molar-refractivity contribution >= 4 is 56.3 Å². The number of barbiturate groups is 1. The van der Waals surface area contributed by atoms with Gasteiger partial charge < -0.3 is 4.74 Å². The van der Waals surface area contributed by atoms with Crippen LogP contribution < -0.4 is 15.0 Å². The number of carbonyl (C=O) groups excluding carboxylic acids is 3. The molecule has 1 saturated heterocycles. The Morgan fingerprint density at radius 3 is 2.53 bits per heavy atom. The molecule has 0 bridgehead atoms. The third-order valence-electron chi connectivity index (χ3n) is 4.94. The number of nitrogens with one attached hydrogen (secondary N) is 1. The second kappa shape index (κ2) is 7.76. The van der Waals surface area contributed by atoms with E-state index < -0.39 is 17.8 Å². The largest absolute Gasteiger partial charge is 0.496 e. The molecule has 0 radical (unpaired) electrons. The molecule has 4 rings (SSSR count). The Morgan fingerprint density at radius 2 is 1.80 bits per heavy atom. The van der Waals surface area contributed by atoms with Gasteiger partial charge in [0.25, 0.3) is 11.8 Å². The second-order valence-electron chi connectivity index (χ2n) is 6.79. The van der Waals surface area contributed by atoms with E-state index in [9.17, 15) is 14.4 Å². The first-order chi connectivity index (χ1) is 14.4. The number of anilines is 1. The summed E-state index contributed by atoms with van der Waals surface area (Å²) in [6.45, 7) is 1.79. The number of halogens is 1. The number of amides is 4. The van der Waals surface area contributed by atoms with Crippen molar-refractivity contribution in [1.29, 1.82) is 0 Å². The van der Waals surface area contributed by atoms with Crippen molar-refractivity contribution < 1.29 is 19.1 Å². The molecule has 0 aromatic heterocycles. The third kappa shape index (κ3) is 3.37. The molecule has 0 saturated carbocycles. The van der Waals surface area contributed by atoms with Gasteiger partial charge >= 0.3 is 6.03 Å². The highest BCUT2D eigenvalue weighted by Gasteiger charge is 2.37. The summed E-state index contributed by atoms with van der Waals surface area (Å²) >= 11 is 3.37. The zero-order chi connectivity index (χ0) is 21.4. The lowest BCUT2D eigenvalue weighted by atomic mass is 9.99. The van der Waals surface area contributed by atoms with E-state index in [1.807, 2.05) is 30.3 Å². The lowest BCUT2D eigenvalue weighted by molar-refractivity contribution is -0.122. The van der Waals surface area contributed by atoms with E-state index in [1.54, 1.807) is 31.2 Å². The molecule has 150 valence electrons. The van der Waals surface area contributed by atoms with Crippen LogP contribution in [0, 0.1) is 6.92 Å². The molecular weight excluding hydrogens is 448 g/mol. The van der Waals surface area contributed by atoms with Crippen LogP contribution in [0.15, 0.2) is 64.6 Å². The minimum absolute atomic E-state index is 0.147. The van der Waals surface area contributed by atoms with Crippen LogP contribution in [0.1, 0.15) is 11.1 Å². The maximum Gasteiger partial charge on any atom is 0.335 e. The summed E-state index contributed by atoms with van der Waals surface area (Å²) in [7, 11) is 1.52. The lowest BCUT2D eigenvalue weighted by Crippen LogP contribution is -2.54. The Bertz CT molecular complexity index is 1250. The number of hydrogen-bond acceptors (Lipinski definition) is 4. The molecule has 1 fully saturated rings. The first-order valence-corrected chi connectivity index (χ1v) is 9.93. The quantitative estimate of drug-likeness (QED) is 0.454. The van der Waals surface area contributed by atoms with Crippen LogP contribution in [0.25, 0.3) is 16.8 Å². The van der Waals surface area contributed by atoms with Gasteiger partial charge in [0.1, 0.15) is 11.3 Å². The summed E-state index contributed by atoms with van der Waals surface area (Å²) in [4.78, 5) is 39.3. The van der Waals surface area contributed by atoms with E-state index in [0.717, 1.165) is 20.1 Å². The SMILES string of the molecule is COc1ccc2ccccc2c1/C=C1/C(=O)NC(=O)N(c2ccc(Br)cc2C)C1=O. The van der Waals surface area contributed by atoms with Gasteiger partial charge in [-0.15, -0.1) is 0 Å². The summed E-state index contributed by atoms with van der Waals surface area (Å²) in [6, 6.07) is 15.7. The van der Waals surface area contributed by atoms with Crippen molar-refractivity contribution in [2.24, 2.45) is 0 Å². The molecule has 6 nitrogen and oxygen atoms in total. The molecule has 1 heterocycles. The number of urea groups is 1. The van der Waals surface area contributed by atoms with Crippen molar-refractivity contribution in [3.63, 3.8) is 0 Å². The number of aryl methyl sites for hydroxylation is 1. The van der Waals surface area contributed by atoms with Crippen LogP contribution >= 0.6 is 15.9 Å². The minimum atomic E-state index is -0.780. The van der Waals surface area contributed by atoms with Gasteiger partial charge in [0.15, 0.2) is 0 Å². The molecule has 4 amide bonds. The minimum Gasteiger partial charge on any atom is -0.496 e. The average Bonchev–Trinajstić information content (AvgIpc) is 2.72. The molecule has 7 heteroatoms. The number of rotatable bonds is 3. The fourth-order valence-corrected chi connectivity index (χ4v) is 3.97. The van der Waals surface area contributed by atoms with Gasteiger partial charge in [0.2, 0.25) is 0 Å². The fraction of sp³-hybridized carbons (Fsp3) is 0.0870. The van der Waals surface area contributed by atoms with Gasteiger partial charge in [0, 0.05) is 10.0 Å². The molecule has 3 aromatic carbocycles. The average molecular weight is 465 g/mol. The monoisotopic (exact) mass is 464 g/mol. The lowest BCUT2D eigenvalue weighted by Gasteiger charge is -2.27. The molecule has 1 N–H and O–H groups in total. The van der Waals surface area contributed by atoms with Crippen molar-refractivity contribution in [3.05, 3.63) is 75.8 Å². The van der Waals surface area contributed by atoms with Crippen LogP contribution in [0.2, 0.25) is 0 Å². The van der Waals surface area contributed by atoms with Gasteiger partial charge in [-0.1, -0.05) is 46.3 Å². The van der Waals surface area contributed by atoms with Gasteiger partial charge in [0.05, 0.1) is 12.8 Å².